The first-order chi connectivity index (χ1) is 9.17. The molecule has 0 saturated heterocycles. The number of hydrogen-bond donors (Lipinski definition) is 1. The summed E-state index contributed by atoms with van der Waals surface area (Å²) in [6, 6.07) is 0. The zero-order valence-corrected chi connectivity index (χ0v) is 11.2. The Morgan fingerprint density at radius 1 is 1.53 bits per heavy atom. The van der Waals surface area contributed by atoms with Crippen LogP contribution in [0, 0.1) is 0 Å². The Labute approximate surface area is 111 Å². The molecule has 0 bridgehead atoms. The van der Waals surface area contributed by atoms with Crippen molar-refractivity contribution in [1.82, 2.24) is 19.7 Å². The molecule has 19 heavy (non-hydrogen) atoms. The van der Waals surface area contributed by atoms with Gasteiger partial charge in [0.15, 0.2) is 5.65 Å². The van der Waals surface area contributed by atoms with Gasteiger partial charge < -0.3 is 15.4 Å². The van der Waals surface area contributed by atoms with E-state index >= 15 is 0 Å². The van der Waals surface area contributed by atoms with E-state index in [-0.39, 0.29) is 0 Å². The molecule has 0 atom stereocenters. The fourth-order valence-corrected chi connectivity index (χ4v) is 1.80. The van der Waals surface area contributed by atoms with Crippen molar-refractivity contribution in [2.24, 2.45) is 7.05 Å². The number of aryl methyl sites for hydroxylation is 1. The van der Waals surface area contributed by atoms with E-state index in [1.165, 1.54) is 0 Å². The maximum absolute atomic E-state index is 5.94. The Balaban J connectivity index is 2.40. The smallest absolute Gasteiger partial charge is 0.229 e. The Morgan fingerprint density at radius 3 is 3.00 bits per heavy atom. The van der Waals surface area contributed by atoms with Crippen molar-refractivity contribution in [3.63, 3.8) is 0 Å². The highest BCUT2D eigenvalue weighted by Gasteiger charge is 2.13. The third kappa shape index (κ3) is 2.65. The summed E-state index contributed by atoms with van der Waals surface area (Å²) in [7, 11) is 3.48. The molecule has 0 fully saturated rings. The Hall–Kier alpha value is -2.15. The van der Waals surface area contributed by atoms with Crippen LogP contribution in [0.5, 0.6) is 0 Å². The first-order valence-corrected chi connectivity index (χ1v) is 5.97. The van der Waals surface area contributed by atoms with E-state index in [4.69, 9.17) is 10.5 Å². The van der Waals surface area contributed by atoms with Crippen LogP contribution in [-0.2, 0) is 11.8 Å². The molecule has 2 rings (SSSR count). The summed E-state index contributed by atoms with van der Waals surface area (Å²) in [5, 5.41) is 4.90. The fourth-order valence-electron chi connectivity index (χ4n) is 1.80. The van der Waals surface area contributed by atoms with Crippen molar-refractivity contribution in [3.8, 4) is 0 Å². The lowest BCUT2D eigenvalue weighted by Gasteiger charge is -2.20. The van der Waals surface area contributed by atoms with E-state index in [2.05, 4.69) is 21.6 Å². The minimum Gasteiger partial charge on any atom is -0.383 e. The van der Waals surface area contributed by atoms with Gasteiger partial charge in [-0.25, -0.2) is 0 Å². The quantitative estimate of drug-likeness (QED) is 0.767. The van der Waals surface area contributed by atoms with E-state index in [1.807, 2.05) is 11.9 Å². The monoisotopic (exact) mass is 262 g/mol. The second-order valence-corrected chi connectivity index (χ2v) is 4.14. The maximum Gasteiger partial charge on any atom is 0.229 e. The number of rotatable bonds is 6. The number of fused-ring (bicyclic) bond motifs is 1. The average molecular weight is 262 g/mol. The molecule has 7 nitrogen and oxygen atoms in total. The summed E-state index contributed by atoms with van der Waals surface area (Å²) in [5.74, 6) is 0.991. The largest absolute Gasteiger partial charge is 0.383 e. The molecule has 2 aromatic rings. The van der Waals surface area contributed by atoms with Crippen molar-refractivity contribution in [2.75, 3.05) is 37.4 Å². The summed E-state index contributed by atoms with van der Waals surface area (Å²) in [6.45, 7) is 5.63. The Kier molecular flexibility index (Phi) is 3.96. The van der Waals surface area contributed by atoms with Crippen molar-refractivity contribution in [3.05, 3.63) is 18.9 Å². The highest BCUT2D eigenvalue weighted by Crippen LogP contribution is 2.20. The van der Waals surface area contributed by atoms with Gasteiger partial charge in [0.05, 0.1) is 18.2 Å². The topological polar surface area (TPSA) is 82.1 Å². The van der Waals surface area contributed by atoms with Crippen molar-refractivity contribution < 1.29 is 4.74 Å². The van der Waals surface area contributed by atoms with Gasteiger partial charge in [0, 0.05) is 27.2 Å². The Bertz CT molecular complexity index is 579. The number of nitrogens with zero attached hydrogens (tertiary/aromatic N) is 5. The van der Waals surface area contributed by atoms with Gasteiger partial charge in [-0.1, -0.05) is 6.08 Å². The molecule has 7 heteroatoms. The minimum absolute atomic E-state index is 0.430. The highest BCUT2D eigenvalue weighted by atomic mass is 16.5. The van der Waals surface area contributed by atoms with E-state index < -0.39 is 0 Å². The van der Waals surface area contributed by atoms with Crippen LogP contribution in [0.1, 0.15) is 0 Å². The molecule has 0 aliphatic carbocycles. The zero-order chi connectivity index (χ0) is 13.8. The van der Waals surface area contributed by atoms with Crippen LogP contribution in [0.25, 0.3) is 11.0 Å². The molecule has 0 aromatic carbocycles. The van der Waals surface area contributed by atoms with Gasteiger partial charge in [0.2, 0.25) is 5.95 Å². The molecule has 2 aromatic heterocycles. The first-order valence-electron chi connectivity index (χ1n) is 5.97. The van der Waals surface area contributed by atoms with Crippen molar-refractivity contribution >= 4 is 22.8 Å². The van der Waals surface area contributed by atoms with Crippen LogP contribution in [-0.4, -0.2) is 46.6 Å². The molecule has 0 aliphatic heterocycles. The lowest BCUT2D eigenvalue weighted by molar-refractivity contribution is 0.205. The SMILES string of the molecule is C=CCN(CCOC)c1nc(N)c2cnn(C)c2n1. The normalized spacial score (nSPS) is 10.8. The summed E-state index contributed by atoms with van der Waals surface area (Å²) >= 11 is 0. The van der Waals surface area contributed by atoms with Crippen LogP contribution >= 0.6 is 0 Å². The summed E-state index contributed by atoms with van der Waals surface area (Å²) in [6.07, 6.45) is 3.46. The van der Waals surface area contributed by atoms with E-state index in [0.717, 1.165) is 5.39 Å². The lowest BCUT2D eigenvalue weighted by atomic mass is 10.4. The van der Waals surface area contributed by atoms with Crippen LogP contribution in [0.15, 0.2) is 18.9 Å². The molecule has 0 saturated carbocycles. The summed E-state index contributed by atoms with van der Waals surface area (Å²) in [4.78, 5) is 10.8. The molecule has 0 radical (unpaired) electrons. The molecular weight excluding hydrogens is 244 g/mol. The van der Waals surface area contributed by atoms with E-state index in [1.54, 1.807) is 24.1 Å². The third-order valence-electron chi connectivity index (χ3n) is 2.81. The van der Waals surface area contributed by atoms with Gasteiger partial charge in [-0.15, -0.1) is 6.58 Å². The second kappa shape index (κ2) is 5.66. The van der Waals surface area contributed by atoms with Crippen LogP contribution in [0.4, 0.5) is 11.8 Å². The Morgan fingerprint density at radius 2 is 2.32 bits per heavy atom. The highest BCUT2D eigenvalue weighted by molar-refractivity contribution is 5.86. The number of anilines is 2. The molecule has 0 aliphatic rings. The third-order valence-corrected chi connectivity index (χ3v) is 2.81. The zero-order valence-electron chi connectivity index (χ0n) is 11.2. The second-order valence-electron chi connectivity index (χ2n) is 4.14. The number of ether oxygens (including phenoxy) is 1. The molecule has 0 unspecified atom stereocenters. The number of aromatic nitrogens is 4. The van der Waals surface area contributed by atoms with Crippen molar-refractivity contribution in [1.29, 1.82) is 0 Å². The molecular formula is C12H18N6O. The van der Waals surface area contributed by atoms with E-state index in [9.17, 15) is 0 Å². The summed E-state index contributed by atoms with van der Waals surface area (Å²) in [5.41, 5.74) is 6.66. The molecule has 2 N–H and O–H groups in total. The number of nitrogen functional groups attached to an aromatic ring is 1. The standard InChI is InChI=1S/C12H18N6O/c1-4-5-18(6-7-19-3)12-15-10(13)9-8-14-17(2)11(9)16-12/h4,8H,1,5-7H2,2-3H3,(H2,13,15,16). The van der Waals surface area contributed by atoms with Crippen molar-refractivity contribution in [2.45, 2.75) is 0 Å². The number of nitrogens with two attached hydrogens (primary N) is 1. The molecule has 0 amide bonds. The number of hydrogen-bond acceptors (Lipinski definition) is 6. The fraction of sp³-hybridized carbons (Fsp3) is 0.417. The average Bonchev–Trinajstić information content (AvgIpc) is 2.77. The minimum atomic E-state index is 0.430. The van der Waals surface area contributed by atoms with Crippen LogP contribution in [0.2, 0.25) is 0 Å². The molecule has 102 valence electrons. The van der Waals surface area contributed by atoms with Gasteiger partial charge >= 0.3 is 0 Å². The molecule has 0 spiro atoms. The van der Waals surface area contributed by atoms with Gasteiger partial charge in [0.1, 0.15) is 5.82 Å². The van der Waals surface area contributed by atoms with Crippen LogP contribution < -0.4 is 10.6 Å². The van der Waals surface area contributed by atoms with Gasteiger partial charge in [0.25, 0.3) is 0 Å². The lowest BCUT2D eigenvalue weighted by Crippen LogP contribution is -2.29. The van der Waals surface area contributed by atoms with Gasteiger partial charge in [-0.2, -0.15) is 15.1 Å². The molecule has 2 heterocycles. The number of methoxy groups -OCH3 is 1. The maximum atomic E-state index is 5.94. The van der Waals surface area contributed by atoms with E-state index in [0.29, 0.717) is 37.1 Å². The first kappa shape index (κ1) is 13.3. The predicted octanol–water partition coefficient (Wildman–Crippen LogP) is 0.584. The van der Waals surface area contributed by atoms with Gasteiger partial charge in [-0.05, 0) is 0 Å². The van der Waals surface area contributed by atoms with Crippen LogP contribution in [0.3, 0.4) is 0 Å². The van der Waals surface area contributed by atoms with Gasteiger partial charge in [-0.3, -0.25) is 4.68 Å². The predicted molar refractivity (Wildman–Crippen MR) is 75.0 cm³/mol. The summed E-state index contributed by atoms with van der Waals surface area (Å²) < 4.78 is 6.77.